The zero-order valence-corrected chi connectivity index (χ0v) is 14.2. The van der Waals surface area contributed by atoms with E-state index in [2.05, 4.69) is 11.3 Å². The lowest BCUT2D eigenvalue weighted by Gasteiger charge is -2.67. The zero-order chi connectivity index (χ0) is 19.9. The Hall–Kier alpha value is -1.26. The van der Waals surface area contributed by atoms with Crippen molar-refractivity contribution in [2.24, 2.45) is 17.8 Å². The van der Waals surface area contributed by atoms with E-state index in [9.17, 15) is 23.1 Å². The molecule has 5 fully saturated rings. The van der Waals surface area contributed by atoms with Crippen molar-refractivity contribution in [1.29, 1.82) is 0 Å². The Balaban J connectivity index is 1.75. The molecule has 10 heteroatoms. The molecule has 1 aliphatic heterocycles. The largest absolute Gasteiger partial charge is 0.456 e. The van der Waals surface area contributed by atoms with E-state index in [-0.39, 0.29) is 31.6 Å². The van der Waals surface area contributed by atoms with E-state index in [1.807, 2.05) is 0 Å². The summed E-state index contributed by atoms with van der Waals surface area (Å²) < 4.78 is 85.2. The van der Waals surface area contributed by atoms with Crippen molar-refractivity contribution in [3.63, 3.8) is 0 Å². The van der Waals surface area contributed by atoms with Gasteiger partial charge in [0.05, 0.1) is 0 Å². The molecule has 3 atom stereocenters. The first-order valence-electron chi connectivity index (χ1n) is 8.71. The molecule has 27 heavy (non-hydrogen) atoms. The molecule has 4 bridgehead atoms. The lowest BCUT2D eigenvalue weighted by molar-refractivity contribution is -0.521. The third-order valence-electron chi connectivity index (χ3n) is 6.70. The molecule has 152 valence electrons. The van der Waals surface area contributed by atoms with E-state index in [4.69, 9.17) is 9.47 Å². The number of esters is 1. The van der Waals surface area contributed by atoms with Gasteiger partial charge in [0.2, 0.25) is 0 Å². The van der Waals surface area contributed by atoms with Crippen molar-refractivity contribution in [2.45, 2.75) is 61.2 Å². The van der Waals surface area contributed by atoms with Gasteiger partial charge in [-0.05, 0) is 49.9 Å². The summed E-state index contributed by atoms with van der Waals surface area (Å²) in [6.07, 6.45) is -3.93. The summed E-state index contributed by atoms with van der Waals surface area (Å²) in [6.45, 7) is 2.22. The van der Waals surface area contributed by atoms with Crippen molar-refractivity contribution >= 4 is 5.97 Å². The maximum absolute atomic E-state index is 15.3. The maximum atomic E-state index is 15.3. The van der Waals surface area contributed by atoms with Crippen LogP contribution >= 0.6 is 0 Å². The van der Waals surface area contributed by atoms with Gasteiger partial charge in [-0.1, -0.05) is 6.58 Å². The Bertz CT molecular complexity index is 661. The molecule has 1 heterocycles. The van der Waals surface area contributed by atoms with Crippen LogP contribution in [0.3, 0.4) is 0 Å². The first-order chi connectivity index (χ1) is 12.4. The van der Waals surface area contributed by atoms with Crippen molar-refractivity contribution in [2.75, 3.05) is 6.79 Å². The predicted molar refractivity (Wildman–Crippen MR) is 78.3 cm³/mol. The van der Waals surface area contributed by atoms with Crippen LogP contribution in [-0.4, -0.2) is 47.0 Å². The quantitative estimate of drug-likeness (QED) is 0.440. The molecule has 5 aliphatic rings. The minimum Gasteiger partial charge on any atom is -0.456 e. The molecule has 1 saturated heterocycles. The van der Waals surface area contributed by atoms with Crippen molar-refractivity contribution < 1.29 is 46.1 Å². The van der Waals surface area contributed by atoms with E-state index < -0.39 is 53.7 Å². The van der Waals surface area contributed by atoms with Crippen molar-refractivity contribution in [3.8, 4) is 0 Å². The number of carbonyl (C=O) groups excluding carboxylic acids is 1. The van der Waals surface area contributed by atoms with Gasteiger partial charge in [0.1, 0.15) is 11.2 Å². The molecule has 0 aromatic carbocycles. The summed E-state index contributed by atoms with van der Waals surface area (Å²) in [6, 6.07) is 0. The molecule has 5 nitrogen and oxygen atoms in total. The topological polar surface area (TPSA) is 65.0 Å². The average molecular weight is 398 g/mol. The molecule has 3 unspecified atom stereocenters. The van der Waals surface area contributed by atoms with Gasteiger partial charge in [-0.25, -0.2) is 4.79 Å². The second kappa shape index (κ2) is 5.42. The normalized spacial score (nSPS) is 47.9. The van der Waals surface area contributed by atoms with Gasteiger partial charge in [0.25, 0.3) is 0 Å². The van der Waals surface area contributed by atoms with Gasteiger partial charge >= 0.3 is 23.9 Å². The Labute approximate surface area is 151 Å². The van der Waals surface area contributed by atoms with E-state index in [0.29, 0.717) is 6.42 Å². The van der Waals surface area contributed by atoms with Crippen molar-refractivity contribution in [1.82, 2.24) is 0 Å². The summed E-state index contributed by atoms with van der Waals surface area (Å²) in [4.78, 5) is 11.7. The molecule has 4 aliphatic carbocycles. The monoisotopic (exact) mass is 398 g/mol. The first-order valence-corrected chi connectivity index (χ1v) is 8.71. The molecular weight excluding hydrogens is 379 g/mol. The number of hydrogen-bond acceptors (Lipinski definition) is 5. The van der Waals surface area contributed by atoms with Crippen LogP contribution < -0.4 is 0 Å². The second-order valence-electron chi connectivity index (χ2n) is 8.07. The molecule has 4 saturated carbocycles. The Morgan fingerprint density at radius 3 is 2.26 bits per heavy atom. The van der Waals surface area contributed by atoms with E-state index >= 15 is 8.78 Å². The van der Waals surface area contributed by atoms with Gasteiger partial charge in [0.15, 0.2) is 6.79 Å². The van der Waals surface area contributed by atoms with Crippen molar-refractivity contribution in [3.05, 3.63) is 12.7 Å². The zero-order valence-electron chi connectivity index (χ0n) is 14.2. The van der Waals surface area contributed by atoms with Crippen LogP contribution in [-0.2, 0) is 19.0 Å². The van der Waals surface area contributed by atoms with Gasteiger partial charge in [-0.15, -0.1) is 0 Å². The van der Waals surface area contributed by atoms with Crippen LogP contribution in [0.4, 0.5) is 22.0 Å². The number of ether oxygens (including phenoxy) is 3. The smallest absolute Gasteiger partial charge is 0.449 e. The van der Waals surface area contributed by atoms with Crippen LogP contribution in [0.15, 0.2) is 12.7 Å². The Morgan fingerprint density at radius 2 is 1.74 bits per heavy atom. The highest BCUT2D eigenvalue weighted by Gasteiger charge is 2.85. The third kappa shape index (κ3) is 2.23. The van der Waals surface area contributed by atoms with E-state index in [1.54, 1.807) is 0 Å². The fraction of sp³-hybridized carbons (Fsp3) is 0.824. The lowest BCUT2D eigenvalue weighted by Crippen LogP contribution is -2.81. The van der Waals surface area contributed by atoms with Crippen LogP contribution in [0.2, 0.25) is 0 Å². The molecule has 0 aromatic heterocycles. The summed E-state index contributed by atoms with van der Waals surface area (Å²) in [5.74, 6) is -12.1. The minimum absolute atomic E-state index is 0.0525. The fourth-order valence-corrected chi connectivity index (χ4v) is 5.94. The van der Waals surface area contributed by atoms with Gasteiger partial charge in [-0.2, -0.15) is 22.0 Å². The number of carbonyl (C=O) groups is 1. The number of aliphatic hydroxyl groups is 1. The number of rotatable bonds is 2. The van der Waals surface area contributed by atoms with E-state index in [1.165, 1.54) is 0 Å². The molecule has 1 N–H and O–H groups in total. The van der Waals surface area contributed by atoms with Crippen LogP contribution in [0.1, 0.15) is 32.1 Å². The third-order valence-corrected chi connectivity index (χ3v) is 6.70. The summed E-state index contributed by atoms with van der Waals surface area (Å²) in [5, 5.41) is 9.86. The highest BCUT2D eigenvalue weighted by molar-refractivity contribution is 5.81. The predicted octanol–water partition coefficient (Wildman–Crippen LogP) is 2.92. The van der Waals surface area contributed by atoms with Gasteiger partial charge in [0, 0.05) is 6.08 Å². The van der Waals surface area contributed by atoms with Crippen LogP contribution in [0.5, 0.6) is 0 Å². The summed E-state index contributed by atoms with van der Waals surface area (Å²) in [5.41, 5.74) is -3.53. The van der Waals surface area contributed by atoms with E-state index in [0.717, 1.165) is 6.08 Å². The fourth-order valence-electron chi connectivity index (χ4n) is 5.94. The second-order valence-corrected chi connectivity index (χ2v) is 8.07. The van der Waals surface area contributed by atoms with Crippen LogP contribution in [0, 0.1) is 17.8 Å². The Kier molecular flexibility index (Phi) is 3.83. The molecule has 0 amide bonds. The summed E-state index contributed by atoms with van der Waals surface area (Å²) in [7, 11) is 0. The van der Waals surface area contributed by atoms with Crippen LogP contribution in [0.25, 0.3) is 0 Å². The molecular formula is C17H19F5O5. The number of hydrogen-bond donors (Lipinski definition) is 1. The summed E-state index contributed by atoms with van der Waals surface area (Å²) >= 11 is 0. The Morgan fingerprint density at radius 1 is 1.15 bits per heavy atom. The first kappa shape index (κ1) is 19.1. The molecule has 1 spiro atoms. The van der Waals surface area contributed by atoms with Gasteiger partial charge < -0.3 is 19.3 Å². The highest BCUT2D eigenvalue weighted by atomic mass is 19.4. The van der Waals surface area contributed by atoms with Gasteiger partial charge in [-0.3, -0.25) is 0 Å². The standard InChI is InChI=1S/C17H19F5O5/c1-2-12(23)27-13-5-9-3-10(6-13)14(11(4-9)7-13)15(18,19)16(24,17(20,21)22)26-8-25-14/h2,9-11,24H,1,3-8H2. The molecule has 0 aromatic rings. The highest BCUT2D eigenvalue weighted by Crippen LogP contribution is 2.69. The average Bonchev–Trinajstić information content (AvgIpc) is 2.53. The maximum Gasteiger partial charge on any atom is 0.449 e. The molecule has 5 rings (SSSR count). The number of halogens is 5. The number of alkyl halides is 5. The molecule has 0 radical (unpaired) electrons. The SMILES string of the molecule is C=CC(=O)OC12CC3CC(C1)C1(OCOC(O)(C(F)(F)F)C1(F)F)C(C3)C2. The minimum atomic E-state index is -5.70. The lowest BCUT2D eigenvalue weighted by atomic mass is 9.46.